The van der Waals surface area contributed by atoms with Crippen LogP contribution in [0.2, 0.25) is 0 Å². The molecule has 0 saturated carbocycles. The molecule has 9 nitrogen and oxygen atoms in total. The second kappa shape index (κ2) is 10.5. The Bertz CT molecular complexity index is 1660. The number of aryl methyl sites for hydroxylation is 3. The fraction of sp³-hybridized carbons (Fsp3) is 0.346. The number of aromatic nitrogens is 4. The van der Waals surface area contributed by atoms with Crippen molar-refractivity contribution in [2.45, 2.75) is 33.4 Å². The van der Waals surface area contributed by atoms with Gasteiger partial charge in [0, 0.05) is 25.1 Å². The Morgan fingerprint density at radius 3 is 2.42 bits per heavy atom. The minimum atomic E-state index is -3.65. The summed E-state index contributed by atoms with van der Waals surface area (Å²) in [5.74, 6) is -1.02. The van der Waals surface area contributed by atoms with Crippen LogP contribution in [-0.2, 0) is 16.9 Å². The van der Waals surface area contributed by atoms with Crippen molar-refractivity contribution in [3.05, 3.63) is 69.9 Å². The van der Waals surface area contributed by atoms with Gasteiger partial charge in [-0.15, -0.1) is 0 Å². The van der Waals surface area contributed by atoms with Gasteiger partial charge in [-0.05, 0) is 49.6 Å². The average Bonchev–Trinajstić information content (AvgIpc) is 3.09. The van der Waals surface area contributed by atoms with Gasteiger partial charge >= 0.3 is 12.3 Å². The molecule has 1 unspecified atom stereocenters. The van der Waals surface area contributed by atoms with Crippen molar-refractivity contribution in [1.82, 2.24) is 19.1 Å². The third-order valence-corrected chi connectivity index (χ3v) is 7.16. The molecule has 1 atom stereocenters. The molecule has 0 fully saturated rings. The van der Waals surface area contributed by atoms with E-state index in [1.165, 1.54) is 21.3 Å². The topological polar surface area (TPSA) is 105 Å². The highest BCUT2D eigenvalue weighted by atomic mass is 32.2. The zero-order valence-corrected chi connectivity index (χ0v) is 22.4. The summed E-state index contributed by atoms with van der Waals surface area (Å²) in [6.45, 7) is 2.49. The van der Waals surface area contributed by atoms with Gasteiger partial charge in [-0.2, -0.15) is 8.78 Å². The number of benzene rings is 1. The molecule has 0 N–H and O–H groups in total. The Hall–Kier alpha value is -3.80. The zero-order valence-electron chi connectivity index (χ0n) is 21.6. The molecule has 38 heavy (non-hydrogen) atoms. The van der Waals surface area contributed by atoms with E-state index in [1.54, 1.807) is 20.2 Å². The van der Waals surface area contributed by atoms with Gasteiger partial charge < -0.3 is 9.47 Å². The summed E-state index contributed by atoms with van der Waals surface area (Å²) < 4.78 is 63.3. The lowest BCUT2D eigenvalue weighted by molar-refractivity contribution is -0.0518. The Morgan fingerprint density at radius 2 is 1.79 bits per heavy atom. The molecule has 0 aliphatic rings. The normalized spacial score (nSPS) is 12.7. The van der Waals surface area contributed by atoms with E-state index in [4.69, 9.17) is 4.74 Å². The minimum absolute atomic E-state index is 0.101. The van der Waals surface area contributed by atoms with Crippen molar-refractivity contribution < 1.29 is 26.7 Å². The average molecular weight is 547 g/mol. The van der Waals surface area contributed by atoms with Crippen LogP contribution in [-0.4, -0.2) is 52.7 Å². The number of pyridine rings is 2. The van der Waals surface area contributed by atoms with Gasteiger partial charge in [0.1, 0.15) is 9.84 Å². The van der Waals surface area contributed by atoms with Gasteiger partial charge in [0.15, 0.2) is 11.4 Å². The monoisotopic (exact) mass is 546 g/mol. The summed E-state index contributed by atoms with van der Waals surface area (Å²) in [4.78, 5) is 22.5. The van der Waals surface area contributed by atoms with Gasteiger partial charge in [-0.3, -0.25) is 9.13 Å². The molecule has 4 aromatic rings. The van der Waals surface area contributed by atoms with E-state index >= 15 is 0 Å². The van der Waals surface area contributed by atoms with E-state index in [0.29, 0.717) is 5.52 Å². The first-order valence-electron chi connectivity index (χ1n) is 11.8. The molecule has 1 aromatic carbocycles. The van der Waals surface area contributed by atoms with Crippen LogP contribution in [0.4, 0.5) is 8.78 Å². The quantitative estimate of drug-likeness (QED) is 0.312. The summed E-state index contributed by atoms with van der Waals surface area (Å²) in [5.41, 5.74) is 4.07. The van der Waals surface area contributed by atoms with E-state index in [-0.39, 0.29) is 29.6 Å². The molecule has 12 heteroatoms. The minimum Gasteiger partial charge on any atom is -0.475 e. The van der Waals surface area contributed by atoms with Crippen LogP contribution in [0.5, 0.6) is 11.6 Å². The lowest BCUT2D eigenvalue weighted by Gasteiger charge is -2.19. The first-order chi connectivity index (χ1) is 17.9. The second-order valence-electron chi connectivity index (χ2n) is 8.95. The number of alkyl halides is 2. The molecule has 0 aliphatic carbocycles. The van der Waals surface area contributed by atoms with E-state index in [9.17, 15) is 22.0 Å². The standard InChI is InChI=1S/C26H28F2N4O5S/c1-6-36-24-21(37-25(27)28)12-11-19(30-24)20(14-38(5,34)35)32-23-22(31(4)26(32)33)16(3)18(13-29-23)17-10-8-7-9-15(17)2/h7-13,20,25H,6,14H2,1-5H3. The zero-order chi connectivity index (χ0) is 27.8. The van der Waals surface area contributed by atoms with E-state index < -0.39 is 33.9 Å². The predicted octanol–water partition coefficient (Wildman–Crippen LogP) is 4.05. The van der Waals surface area contributed by atoms with Gasteiger partial charge in [-0.25, -0.2) is 23.2 Å². The third kappa shape index (κ3) is 5.26. The highest BCUT2D eigenvalue weighted by molar-refractivity contribution is 7.90. The molecular formula is C26H28F2N4O5S. The van der Waals surface area contributed by atoms with Gasteiger partial charge in [0.25, 0.3) is 5.88 Å². The van der Waals surface area contributed by atoms with Crippen molar-refractivity contribution in [2.75, 3.05) is 18.6 Å². The van der Waals surface area contributed by atoms with E-state index in [0.717, 1.165) is 28.5 Å². The SMILES string of the molecule is CCOc1nc(C(CS(C)(=O)=O)n2c(=O)n(C)c3c(C)c(-c4ccccc4C)cnc32)ccc1OC(F)F. The summed E-state index contributed by atoms with van der Waals surface area (Å²) in [5, 5.41) is 0. The molecule has 0 spiro atoms. The lowest BCUT2D eigenvalue weighted by Crippen LogP contribution is -2.31. The van der Waals surface area contributed by atoms with Crippen LogP contribution >= 0.6 is 0 Å². The van der Waals surface area contributed by atoms with Crippen molar-refractivity contribution in [1.29, 1.82) is 0 Å². The summed E-state index contributed by atoms with van der Waals surface area (Å²) in [7, 11) is -2.05. The van der Waals surface area contributed by atoms with Crippen LogP contribution < -0.4 is 15.2 Å². The number of rotatable bonds is 9. The molecule has 0 bridgehead atoms. The number of hydrogen-bond acceptors (Lipinski definition) is 7. The van der Waals surface area contributed by atoms with Crippen LogP contribution in [0.1, 0.15) is 29.8 Å². The van der Waals surface area contributed by atoms with Crippen LogP contribution in [0, 0.1) is 13.8 Å². The molecule has 4 rings (SSSR count). The van der Waals surface area contributed by atoms with Crippen molar-refractivity contribution in [3.63, 3.8) is 0 Å². The Morgan fingerprint density at radius 1 is 1.08 bits per heavy atom. The molecule has 0 aliphatic heterocycles. The Labute approximate surface area is 218 Å². The van der Waals surface area contributed by atoms with Gasteiger partial charge in [0.05, 0.1) is 29.6 Å². The highest BCUT2D eigenvalue weighted by Crippen LogP contribution is 2.33. The van der Waals surface area contributed by atoms with Crippen molar-refractivity contribution in [3.8, 4) is 22.8 Å². The first kappa shape index (κ1) is 27.2. The first-order valence-corrected chi connectivity index (χ1v) is 13.9. The van der Waals surface area contributed by atoms with Crippen molar-refractivity contribution >= 4 is 21.0 Å². The molecule has 0 saturated heterocycles. The molecule has 3 aromatic heterocycles. The summed E-state index contributed by atoms with van der Waals surface area (Å²) in [6, 6.07) is 9.25. The fourth-order valence-electron chi connectivity index (χ4n) is 4.56. The van der Waals surface area contributed by atoms with Crippen molar-refractivity contribution in [2.24, 2.45) is 7.05 Å². The highest BCUT2D eigenvalue weighted by Gasteiger charge is 2.29. The Kier molecular flexibility index (Phi) is 7.54. The maximum atomic E-state index is 13.6. The number of hydrogen-bond donors (Lipinski definition) is 0. The lowest BCUT2D eigenvalue weighted by atomic mass is 9.98. The molecule has 202 valence electrons. The fourth-order valence-corrected chi connectivity index (χ4v) is 5.46. The summed E-state index contributed by atoms with van der Waals surface area (Å²) >= 11 is 0. The van der Waals surface area contributed by atoms with Gasteiger partial charge in [0.2, 0.25) is 0 Å². The van der Waals surface area contributed by atoms with Crippen LogP contribution in [0.3, 0.4) is 0 Å². The van der Waals surface area contributed by atoms with E-state index in [2.05, 4.69) is 14.7 Å². The van der Waals surface area contributed by atoms with Gasteiger partial charge in [-0.1, -0.05) is 24.3 Å². The number of imidazole rings is 1. The molecule has 3 heterocycles. The maximum absolute atomic E-state index is 13.6. The second-order valence-corrected chi connectivity index (χ2v) is 11.1. The van der Waals surface area contributed by atoms with Crippen LogP contribution in [0.25, 0.3) is 22.3 Å². The number of fused-ring (bicyclic) bond motifs is 1. The number of sulfone groups is 1. The number of halogens is 2. The summed E-state index contributed by atoms with van der Waals surface area (Å²) in [6.07, 6.45) is 2.70. The largest absolute Gasteiger partial charge is 0.475 e. The predicted molar refractivity (Wildman–Crippen MR) is 140 cm³/mol. The van der Waals surface area contributed by atoms with Crippen LogP contribution in [0.15, 0.2) is 47.4 Å². The molecule has 0 amide bonds. The van der Waals surface area contributed by atoms with E-state index in [1.807, 2.05) is 38.1 Å². The molecular weight excluding hydrogens is 518 g/mol. The third-order valence-electron chi connectivity index (χ3n) is 6.24. The number of nitrogens with zero attached hydrogens (tertiary/aromatic N) is 4. The smallest absolute Gasteiger partial charge is 0.387 e. The maximum Gasteiger partial charge on any atom is 0.387 e. The molecule has 0 radical (unpaired) electrons. The number of ether oxygens (including phenoxy) is 2. The Balaban J connectivity index is 1.96.